The molecule has 18 heavy (non-hydrogen) atoms. The molecule has 0 saturated heterocycles. The number of hydrogen-bond donors (Lipinski definition) is 2. The second-order valence-electron chi connectivity index (χ2n) is 3.97. The van der Waals surface area contributed by atoms with Crippen LogP contribution < -0.4 is 16.2 Å². The maximum Gasteiger partial charge on any atom is 0.142 e. The summed E-state index contributed by atoms with van der Waals surface area (Å²) >= 11 is 3.55. The van der Waals surface area contributed by atoms with Crippen LogP contribution in [0.1, 0.15) is 5.56 Å². The highest BCUT2D eigenvalue weighted by atomic mass is 79.9. The minimum Gasteiger partial charge on any atom is -0.355 e. The zero-order chi connectivity index (χ0) is 13.0. The molecule has 1 heterocycles. The van der Waals surface area contributed by atoms with Crippen LogP contribution in [0.4, 0.5) is 11.6 Å². The van der Waals surface area contributed by atoms with Crippen molar-refractivity contribution < 1.29 is 0 Å². The maximum atomic E-state index is 5.36. The minimum atomic E-state index is 0.659. The Morgan fingerprint density at radius 2 is 2.00 bits per heavy atom. The summed E-state index contributed by atoms with van der Waals surface area (Å²) in [5.41, 5.74) is 3.77. The predicted molar refractivity (Wildman–Crippen MR) is 78.3 cm³/mol. The summed E-state index contributed by atoms with van der Waals surface area (Å²) in [5.74, 6) is 6.89. The van der Waals surface area contributed by atoms with Crippen molar-refractivity contribution in [3.05, 3.63) is 52.5 Å². The molecule has 2 aromatic rings. The molecule has 0 amide bonds. The molecule has 0 aliphatic heterocycles. The van der Waals surface area contributed by atoms with Gasteiger partial charge in [0.1, 0.15) is 11.6 Å². The highest BCUT2D eigenvalue weighted by molar-refractivity contribution is 9.10. The third-order valence-corrected chi connectivity index (χ3v) is 3.41. The number of aromatic nitrogens is 1. The van der Waals surface area contributed by atoms with E-state index in [1.54, 1.807) is 0 Å². The first-order valence-electron chi connectivity index (χ1n) is 5.59. The Labute approximate surface area is 115 Å². The molecule has 0 bridgehead atoms. The first-order chi connectivity index (χ1) is 8.70. The van der Waals surface area contributed by atoms with Crippen molar-refractivity contribution in [2.24, 2.45) is 5.84 Å². The van der Waals surface area contributed by atoms with Crippen LogP contribution in [0.3, 0.4) is 0 Å². The number of nitrogen functional groups attached to an aromatic ring is 1. The molecule has 2 rings (SSSR count). The van der Waals surface area contributed by atoms with Crippen LogP contribution in [0.5, 0.6) is 0 Å². The predicted octanol–water partition coefficient (Wildman–Crippen LogP) is 2.77. The van der Waals surface area contributed by atoms with Gasteiger partial charge in [-0.25, -0.2) is 10.8 Å². The molecule has 3 N–H and O–H groups in total. The number of nitrogens with one attached hydrogen (secondary N) is 1. The fraction of sp³-hybridized carbons (Fsp3) is 0.154. The topological polar surface area (TPSA) is 54.2 Å². The SMILES string of the molecule is CN(Cc1ccccc1Br)c1cccc(NN)n1. The number of halogens is 1. The maximum absolute atomic E-state index is 5.36. The lowest BCUT2D eigenvalue weighted by atomic mass is 10.2. The summed E-state index contributed by atoms with van der Waals surface area (Å²) in [4.78, 5) is 6.46. The van der Waals surface area contributed by atoms with Crippen molar-refractivity contribution in [3.63, 3.8) is 0 Å². The van der Waals surface area contributed by atoms with Gasteiger partial charge in [-0.3, -0.25) is 0 Å². The number of benzene rings is 1. The zero-order valence-corrected chi connectivity index (χ0v) is 11.7. The van der Waals surface area contributed by atoms with Crippen molar-refractivity contribution in [2.45, 2.75) is 6.54 Å². The van der Waals surface area contributed by atoms with Gasteiger partial charge in [0.25, 0.3) is 0 Å². The second-order valence-corrected chi connectivity index (χ2v) is 4.83. The van der Waals surface area contributed by atoms with Crippen LogP contribution in [-0.4, -0.2) is 12.0 Å². The lowest BCUT2D eigenvalue weighted by Crippen LogP contribution is -2.19. The summed E-state index contributed by atoms with van der Waals surface area (Å²) in [6.07, 6.45) is 0. The minimum absolute atomic E-state index is 0.659. The van der Waals surface area contributed by atoms with Crippen LogP contribution >= 0.6 is 15.9 Å². The van der Waals surface area contributed by atoms with Crippen LogP contribution in [0, 0.1) is 0 Å². The van der Waals surface area contributed by atoms with Gasteiger partial charge < -0.3 is 10.3 Å². The first kappa shape index (κ1) is 12.9. The number of anilines is 2. The molecule has 0 aliphatic rings. The van der Waals surface area contributed by atoms with Crippen molar-refractivity contribution in [2.75, 3.05) is 17.4 Å². The molecule has 5 heteroatoms. The van der Waals surface area contributed by atoms with Gasteiger partial charge in [-0.15, -0.1) is 0 Å². The van der Waals surface area contributed by atoms with Crippen LogP contribution in [0.25, 0.3) is 0 Å². The average Bonchev–Trinajstić information content (AvgIpc) is 2.41. The molecule has 94 valence electrons. The Morgan fingerprint density at radius 3 is 2.72 bits per heavy atom. The Hall–Kier alpha value is -1.59. The van der Waals surface area contributed by atoms with Crippen molar-refractivity contribution >= 4 is 27.6 Å². The van der Waals surface area contributed by atoms with Gasteiger partial charge in [0.15, 0.2) is 0 Å². The van der Waals surface area contributed by atoms with E-state index in [1.807, 2.05) is 43.4 Å². The molecular weight excluding hydrogens is 292 g/mol. The number of nitrogens with two attached hydrogens (primary N) is 1. The summed E-state index contributed by atoms with van der Waals surface area (Å²) in [6, 6.07) is 13.9. The highest BCUT2D eigenvalue weighted by Gasteiger charge is 2.06. The second kappa shape index (κ2) is 5.84. The number of hydrogen-bond acceptors (Lipinski definition) is 4. The number of hydrazine groups is 1. The van der Waals surface area contributed by atoms with Crippen molar-refractivity contribution in [3.8, 4) is 0 Å². The normalized spacial score (nSPS) is 10.2. The molecule has 0 atom stereocenters. The van der Waals surface area contributed by atoms with E-state index in [-0.39, 0.29) is 0 Å². The van der Waals surface area contributed by atoms with E-state index in [0.717, 1.165) is 16.8 Å². The fourth-order valence-electron chi connectivity index (χ4n) is 1.68. The fourth-order valence-corrected chi connectivity index (χ4v) is 2.09. The lowest BCUT2D eigenvalue weighted by Gasteiger charge is -2.19. The third kappa shape index (κ3) is 3.00. The quantitative estimate of drug-likeness (QED) is 0.674. The van der Waals surface area contributed by atoms with Crippen LogP contribution in [0.2, 0.25) is 0 Å². The number of pyridine rings is 1. The van der Waals surface area contributed by atoms with Crippen molar-refractivity contribution in [1.29, 1.82) is 0 Å². The van der Waals surface area contributed by atoms with E-state index in [4.69, 9.17) is 5.84 Å². The van der Waals surface area contributed by atoms with Crippen LogP contribution in [-0.2, 0) is 6.54 Å². The number of nitrogens with zero attached hydrogens (tertiary/aromatic N) is 2. The van der Waals surface area contributed by atoms with Gasteiger partial charge in [-0.05, 0) is 23.8 Å². The summed E-state index contributed by atoms with van der Waals surface area (Å²) in [6.45, 7) is 0.780. The van der Waals surface area contributed by atoms with Gasteiger partial charge in [-0.2, -0.15) is 0 Å². The van der Waals surface area contributed by atoms with E-state index in [9.17, 15) is 0 Å². The summed E-state index contributed by atoms with van der Waals surface area (Å²) < 4.78 is 1.10. The summed E-state index contributed by atoms with van der Waals surface area (Å²) in [5, 5.41) is 0. The lowest BCUT2D eigenvalue weighted by molar-refractivity contribution is 0.894. The molecule has 4 nitrogen and oxygen atoms in total. The van der Waals surface area contributed by atoms with E-state index >= 15 is 0 Å². The average molecular weight is 307 g/mol. The number of rotatable bonds is 4. The Balaban J connectivity index is 2.16. The van der Waals surface area contributed by atoms with E-state index in [0.29, 0.717) is 5.82 Å². The first-order valence-corrected chi connectivity index (χ1v) is 6.38. The Morgan fingerprint density at radius 1 is 1.22 bits per heavy atom. The molecule has 1 aromatic heterocycles. The molecule has 0 fully saturated rings. The Bertz CT molecular complexity index is 530. The van der Waals surface area contributed by atoms with Gasteiger partial charge in [-0.1, -0.05) is 40.2 Å². The van der Waals surface area contributed by atoms with E-state index < -0.39 is 0 Å². The van der Waals surface area contributed by atoms with E-state index in [2.05, 4.69) is 37.3 Å². The standard InChI is InChI=1S/C13H15BrN4/c1-18(9-10-5-2-3-6-11(10)14)13-8-4-7-12(16-13)17-15/h2-8H,9,15H2,1H3,(H,16,17). The van der Waals surface area contributed by atoms with Gasteiger partial charge in [0.05, 0.1) is 0 Å². The molecule has 0 aliphatic carbocycles. The molecule has 0 unspecified atom stereocenters. The molecule has 0 spiro atoms. The van der Waals surface area contributed by atoms with Gasteiger partial charge in [0, 0.05) is 18.1 Å². The molecule has 0 radical (unpaired) electrons. The van der Waals surface area contributed by atoms with Gasteiger partial charge >= 0.3 is 0 Å². The molecule has 0 saturated carbocycles. The van der Waals surface area contributed by atoms with Gasteiger partial charge in [0.2, 0.25) is 0 Å². The van der Waals surface area contributed by atoms with Crippen molar-refractivity contribution in [1.82, 2.24) is 4.98 Å². The Kier molecular flexibility index (Phi) is 4.17. The third-order valence-electron chi connectivity index (χ3n) is 2.64. The highest BCUT2D eigenvalue weighted by Crippen LogP contribution is 2.20. The monoisotopic (exact) mass is 306 g/mol. The molecule has 1 aromatic carbocycles. The van der Waals surface area contributed by atoms with Crippen LogP contribution in [0.15, 0.2) is 46.9 Å². The smallest absolute Gasteiger partial charge is 0.142 e. The molecular formula is C13H15BrN4. The summed E-state index contributed by atoms with van der Waals surface area (Å²) in [7, 11) is 2.00. The zero-order valence-electron chi connectivity index (χ0n) is 10.1. The van der Waals surface area contributed by atoms with E-state index in [1.165, 1.54) is 5.56 Å². The largest absolute Gasteiger partial charge is 0.355 e.